The molecule has 0 saturated heterocycles. The summed E-state index contributed by atoms with van der Waals surface area (Å²) in [4.78, 5) is 12.2. The van der Waals surface area contributed by atoms with Gasteiger partial charge in [-0.15, -0.1) is 11.3 Å². The molecule has 2 rings (SSSR count). The van der Waals surface area contributed by atoms with E-state index in [1.54, 1.807) is 0 Å². The topological polar surface area (TPSA) is 64.3 Å². The fourth-order valence-corrected chi connectivity index (χ4v) is 2.84. The predicted octanol–water partition coefficient (Wildman–Crippen LogP) is 3.24. The van der Waals surface area contributed by atoms with Crippen LogP contribution in [0.25, 0.3) is 0 Å². The van der Waals surface area contributed by atoms with Crippen LogP contribution in [0.15, 0.2) is 0 Å². The smallest absolute Gasteiger partial charge is 0.324 e. The number of thiophene rings is 1. The molecule has 0 aromatic carbocycles. The van der Waals surface area contributed by atoms with Gasteiger partial charge in [0.15, 0.2) is 11.5 Å². The number of methoxy groups -OCH3 is 1. The van der Waals surface area contributed by atoms with Crippen molar-refractivity contribution in [2.24, 2.45) is 5.92 Å². The second kappa shape index (κ2) is 5.70. The Kier molecular flexibility index (Phi) is 4.31. The van der Waals surface area contributed by atoms with Gasteiger partial charge in [0.1, 0.15) is 5.00 Å². The summed E-state index contributed by atoms with van der Waals surface area (Å²) in [5.74, 6) is -4.39. The highest BCUT2D eigenvalue weighted by Crippen LogP contribution is 2.46. The van der Waals surface area contributed by atoms with E-state index >= 15 is 0 Å². The van der Waals surface area contributed by atoms with E-state index in [2.05, 4.69) is 5.32 Å². The molecule has 1 heterocycles. The number of nitrogen functional groups attached to an aromatic ring is 1. The summed E-state index contributed by atoms with van der Waals surface area (Å²) in [6, 6.07) is 0. The highest BCUT2D eigenvalue weighted by atomic mass is 32.1. The van der Waals surface area contributed by atoms with E-state index in [1.807, 2.05) is 0 Å². The van der Waals surface area contributed by atoms with Crippen molar-refractivity contribution in [3.05, 3.63) is 4.88 Å². The van der Waals surface area contributed by atoms with Crippen LogP contribution in [0.5, 0.6) is 5.75 Å². The van der Waals surface area contributed by atoms with Gasteiger partial charge in [-0.05, 0) is 12.8 Å². The highest BCUT2D eigenvalue weighted by molar-refractivity contribution is 7.19. The molecule has 118 valence electrons. The molecular formula is C12H14F4N2O2S. The number of carbonyl (C=O) groups is 1. The van der Waals surface area contributed by atoms with Gasteiger partial charge < -0.3 is 15.8 Å². The van der Waals surface area contributed by atoms with Gasteiger partial charge in [-0.3, -0.25) is 4.79 Å². The van der Waals surface area contributed by atoms with Gasteiger partial charge in [-0.1, -0.05) is 0 Å². The van der Waals surface area contributed by atoms with Gasteiger partial charge in [-0.25, -0.2) is 8.78 Å². The van der Waals surface area contributed by atoms with Crippen LogP contribution in [0.1, 0.15) is 22.5 Å². The van der Waals surface area contributed by atoms with Crippen LogP contribution in [0.2, 0.25) is 0 Å². The Morgan fingerprint density at radius 1 is 1.52 bits per heavy atom. The summed E-state index contributed by atoms with van der Waals surface area (Å²) in [7, 11) is 1.26. The summed E-state index contributed by atoms with van der Waals surface area (Å²) >= 11 is 0.851. The lowest BCUT2D eigenvalue weighted by atomic mass is 10.2. The molecule has 1 aliphatic carbocycles. The molecule has 1 aliphatic rings. The van der Waals surface area contributed by atoms with Crippen molar-refractivity contribution >= 4 is 27.8 Å². The van der Waals surface area contributed by atoms with Crippen molar-refractivity contribution in [3.63, 3.8) is 0 Å². The SMILES string of the molecule is COc1c(NCC(F)(F)C(F)F)sc(C(=O)C2CC2)c1N. The maximum atomic E-state index is 12.9. The van der Waals surface area contributed by atoms with E-state index < -0.39 is 18.9 Å². The first-order valence-corrected chi connectivity index (χ1v) is 7.00. The Hall–Kier alpha value is -1.51. The predicted molar refractivity (Wildman–Crippen MR) is 71.8 cm³/mol. The highest BCUT2D eigenvalue weighted by Gasteiger charge is 2.41. The molecule has 1 aromatic heterocycles. The number of anilines is 2. The molecule has 1 saturated carbocycles. The van der Waals surface area contributed by atoms with Crippen LogP contribution in [0.3, 0.4) is 0 Å². The summed E-state index contributed by atoms with van der Waals surface area (Å²) in [5.41, 5.74) is 5.83. The molecule has 0 amide bonds. The van der Waals surface area contributed by atoms with E-state index in [9.17, 15) is 22.4 Å². The molecule has 1 aromatic rings. The van der Waals surface area contributed by atoms with Crippen LogP contribution in [0, 0.1) is 5.92 Å². The first-order chi connectivity index (χ1) is 9.77. The lowest BCUT2D eigenvalue weighted by Gasteiger charge is -2.16. The van der Waals surface area contributed by atoms with Gasteiger partial charge in [0, 0.05) is 5.92 Å². The minimum Gasteiger partial charge on any atom is -0.492 e. The fraction of sp³-hybridized carbons (Fsp3) is 0.583. The molecule has 0 aliphatic heterocycles. The average Bonchev–Trinajstić information content (AvgIpc) is 3.20. The molecule has 0 unspecified atom stereocenters. The first-order valence-electron chi connectivity index (χ1n) is 6.18. The van der Waals surface area contributed by atoms with Crippen molar-refractivity contribution in [1.29, 1.82) is 0 Å². The maximum absolute atomic E-state index is 12.9. The summed E-state index contributed by atoms with van der Waals surface area (Å²) in [5, 5.41) is 2.25. The molecule has 0 bridgehead atoms. The number of alkyl halides is 4. The van der Waals surface area contributed by atoms with E-state index in [0.717, 1.165) is 24.2 Å². The third-order valence-electron chi connectivity index (χ3n) is 3.08. The number of hydrogen-bond donors (Lipinski definition) is 2. The van der Waals surface area contributed by atoms with Crippen molar-refractivity contribution < 1.29 is 27.1 Å². The second-order valence-electron chi connectivity index (χ2n) is 4.76. The van der Waals surface area contributed by atoms with Crippen molar-refractivity contribution in [2.75, 3.05) is 24.7 Å². The summed E-state index contributed by atoms with van der Waals surface area (Å²) < 4.78 is 55.1. The van der Waals surface area contributed by atoms with Crippen LogP contribution >= 0.6 is 11.3 Å². The van der Waals surface area contributed by atoms with E-state index in [4.69, 9.17) is 10.5 Å². The second-order valence-corrected chi connectivity index (χ2v) is 5.78. The van der Waals surface area contributed by atoms with Gasteiger partial charge in [-0.2, -0.15) is 8.78 Å². The molecule has 3 N–H and O–H groups in total. The number of carbonyl (C=O) groups excluding carboxylic acids is 1. The first kappa shape index (κ1) is 15.9. The number of nitrogens with two attached hydrogens (primary N) is 1. The van der Waals surface area contributed by atoms with Crippen LogP contribution < -0.4 is 15.8 Å². The van der Waals surface area contributed by atoms with Crippen LogP contribution in [-0.2, 0) is 0 Å². The van der Waals surface area contributed by atoms with Crippen molar-refractivity contribution in [2.45, 2.75) is 25.2 Å². The number of Topliss-reactive ketones (excluding diaryl/α,β-unsaturated/α-hetero) is 1. The molecule has 9 heteroatoms. The number of rotatable bonds is 7. The van der Waals surface area contributed by atoms with E-state index in [0.29, 0.717) is 0 Å². The number of hydrogen-bond acceptors (Lipinski definition) is 5. The monoisotopic (exact) mass is 326 g/mol. The van der Waals surface area contributed by atoms with E-state index in [1.165, 1.54) is 7.11 Å². The minimum atomic E-state index is -4.18. The quantitative estimate of drug-likeness (QED) is 0.596. The Morgan fingerprint density at radius 2 is 2.14 bits per heavy atom. The molecule has 4 nitrogen and oxygen atoms in total. The zero-order valence-corrected chi connectivity index (χ0v) is 11.9. The third-order valence-corrected chi connectivity index (χ3v) is 4.24. The molecule has 0 radical (unpaired) electrons. The number of ether oxygens (including phenoxy) is 1. The van der Waals surface area contributed by atoms with Crippen molar-refractivity contribution in [1.82, 2.24) is 0 Å². The third kappa shape index (κ3) is 3.22. The van der Waals surface area contributed by atoms with Gasteiger partial charge in [0.2, 0.25) is 0 Å². The standard InChI is InChI=1S/C12H14F4N2O2S/c1-20-8-6(17)9(7(19)5-2-3-5)21-10(8)18-4-12(15,16)11(13)14/h5,11,18H,2-4,17H2,1H3. The van der Waals surface area contributed by atoms with Gasteiger partial charge in [0.05, 0.1) is 24.2 Å². The van der Waals surface area contributed by atoms with Gasteiger partial charge >= 0.3 is 12.3 Å². The molecule has 0 atom stereocenters. The lowest BCUT2D eigenvalue weighted by Crippen LogP contribution is -2.34. The van der Waals surface area contributed by atoms with Gasteiger partial charge in [0.25, 0.3) is 0 Å². The molecular weight excluding hydrogens is 312 g/mol. The number of halogens is 4. The Balaban J connectivity index is 2.19. The molecule has 21 heavy (non-hydrogen) atoms. The summed E-state index contributed by atoms with van der Waals surface area (Å²) in [6.45, 7) is -1.27. The largest absolute Gasteiger partial charge is 0.492 e. The fourth-order valence-electron chi connectivity index (χ4n) is 1.74. The van der Waals surface area contributed by atoms with Crippen LogP contribution in [-0.4, -0.2) is 31.8 Å². The zero-order valence-electron chi connectivity index (χ0n) is 11.1. The van der Waals surface area contributed by atoms with Crippen molar-refractivity contribution in [3.8, 4) is 5.75 Å². The van der Waals surface area contributed by atoms with Crippen LogP contribution in [0.4, 0.5) is 28.3 Å². The number of nitrogens with one attached hydrogen (secondary N) is 1. The van der Waals surface area contributed by atoms with E-state index in [-0.39, 0.29) is 33.0 Å². The Labute approximate surface area is 122 Å². The summed E-state index contributed by atoms with van der Waals surface area (Å²) in [6.07, 6.45) is -2.24. The Bertz CT molecular complexity index is 544. The maximum Gasteiger partial charge on any atom is 0.324 e. The molecule has 1 fully saturated rings. The normalized spacial score (nSPS) is 15.3. The zero-order chi connectivity index (χ0) is 15.8. The lowest BCUT2D eigenvalue weighted by molar-refractivity contribution is -0.117. The molecule has 0 spiro atoms. The number of ketones is 1. The average molecular weight is 326 g/mol. The Morgan fingerprint density at radius 3 is 2.62 bits per heavy atom. The minimum absolute atomic E-state index is 0.0362.